The summed E-state index contributed by atoms with van der Waals surface area (Å²) in [6.07, 6.45) is -2.34. The van der Waals surface area contributed by atoms with Gasteiger partial charge >= 0.3 is 35.5 Å². The van der Waals surface area contributed by atoms with Crippen LogP contribution in [-0.2, 0) is 40.9 Å². The molecule has 0 bridgehead atoms. The van der Waals surface area contributed by atoms with Gasteiger partial charge in [0.1, 0.15) is 30.2 Å². The van der Waals surface area contributed by atoms with Gasteiger partial charge in [0.2, 0.25) is 0 Å². The number of carbonyl (C=O) groups is 2. The first-order valence-corrected chi connectivity index (χ1v) is 17.8. The van der Waals surface area contributed by atoms with Crippen molar-refractivity contribution >= 4 is 52.5 Å². The maximum Gasteiger partial charge on any atom is 0.538 e. The van der Waals surface area contributed by atoms with Gasteiger partial charge in [0.05, 0.1) is 19.0 Å². The standard InChI is InChI=1S/C20H32N7O15P3/c1-10-11(26-20(31)25-10)5-3-2-4-6-13(28)40-44(34,35)42-45(36,37)41-43(32,33)38-7-12-15(29)16(30)19(39-12)27-9-24-14-17(21)22-8-23-18(14)27/h8-12,15-16,19,29-30H,2-7H2,1H3,(H,32,33)(H,34,35)(H,36,37)(H2,21,22,23)(H2,25,26,31)/t10-,11+,12+,15+,16+,19+/m0/s1. The van der Waals surface area contributed by atoms with E-state index in [4.69, 9.17) is 10.5 Å². The third-order valence-electron chi connectivity index (χ3n) is 6.71. The Morgan fingerprint density at radius 2 is 1.73 bits per heavy atom. The van der Waals surface area contributed by atoms with E-state index >= 15 is 0 Å². The number of amides is 2. The molecular weight excluding hydrogens is 671 g/mol. The number of phosphoric ester groups is 2. The van der Waals surface area contributed by atoms with Crippen LogP contribution in [-0.4, -0.2) is 93.4 Å². The van der Waals surface area contributed by atoms with Crippen molar-refractivity contribution in [1.29, 1.82) is 0 Å². The van der Waals surface area contributed by atoms with E-state index < -0.39 is 60.6 Å². The lowest BCUT2D eigenvalue weighted by Crippen LogP contribution is -2.33. The predicted molar refractivity (Wildman–Crippen MR) is 147 cm³/mol. The van der Waals surface area contributed by atoms with Gasteiger partial charge in [-0.2, -0.15) is 8.62 Å². The molecule has 4 heterocycles. The zero-order chi connectivity index (χ0) is 33.2. The molecular formula is C20H32N7O15P3. The zero-order valence-electron chi connectivity index (χ0n) is 23.4. The molecule has 2 aliphatic heterocycles. The van der Waals surface area contributed by atoms with E-state index in [1.54, 1.807) is 0 Å². The third-order valence-corrected chi connectivity index (χ3v) is 10.9. The maximum atomic E-state index is 12.3. The van der Waals surface area contributed by atoms with Crippen LogP contribution in [0.1, 0.15) is 45.3 Å². The molecule has 2 amide bonds. The summed E-state index contributed by atoms with van der Waals surface area (Å²) in [7, 11) is -17.1. The quantitative estimate of drug-likeness (QED) is 0.0889. The number of anilines is 1. The number of aromatic nitrogens is 4. The van der Waals surface area contributed by atoms with Gasteiger partial charge in [0, 0.05) is 12.5 Å². The van der Waals surface area contributed by atoms with Crippen LogP contribution in [0.2, 0.25) is 0 Å². The van der Waals surface area contributed by atoms with Gasteiger partial charge in [-0.1, -0.05) is 12.8 Å². The van der Waals surface area contributed by atoms with E-state index in [0.29, 0.717) is 19.3 Å². The number of nitrogens with one attached hydrogen (secondary N) is 2. The number of imidazole rings is 1. The highest BCUT2D eigenvalue weighted by molar-refractivity contribution is 7.67. The molecule has 0 spiro atoms. The lowest BCUT2D eigenvalue weighted by molar-refractivity contribution is -0.135. The molecule has 2 aliphatic rings. The fourth-order valence-corrected chi connectivity index (χ4v) is 8.07. The highest BCUT2D eigenvalue weighted by Gasteiger charge is 2.47. The van der Waals surface area contributed by atoms with Gasteiger partial charge in [0.25, 0.3) is 0 Å². The Morgan fingerprint density at radius 3 is 2.42 bits per heavy atom. The normalized spacial score (nSPS) is 29.0. The zero-order valence-corrected chi connectivity index (χ0v) is 26.1. The molecule has 2 fully saturated rings. The molecule has 45 heavy (non-hydrogen) atoms. The second-order valence-electron chi connectivity index (χ2n) is 10.1. The lowest BCUT2D eigenvalue weighted by atomic mass is 10.0. The predicted octanol–water partition coefficient (Wildman–Crippen LogP) is -0.0577. The molecule has 0 aromatic carbocycles. The summed E-state index contributed by atoms with van der Waals surface area (Å²) in [5.74, 6) is -1.24. The van der Waals surface area contributed by atoms with Crippen LogP contribution < -0.4 is 16.4 Å². The number of nitrogen functional groups attached to an aromatic ring is 1. The summed E-state index contributed by atoms with van der Waals surface area (Å²) >= 11 is 0. The van der Waals surface area contributed by atoms with Crippen molar-refractivity contribution < 1.29 is 70.6 Å². The number of hydrogen-bond acceptors (Lipinski definition) is 16. The fraction of sp³-hybridized carbons (Fsp3) is 0.650. The molecule has 3 unspecified atom stereocenters. The molecule has 2 aromatic heterocycles. The Kier molecular flexibility index (Phi) is 11.0. The Hall–Kier alpha value is -2.58. The van der Waals surface area contributed by atoms with Gasteiger partial charge in [0.15, 0.2) is 17.7 Å². The number of carbonyl (C=O) groups excluding carboxylic acids is 2. The number of hydrogen-bond donors (Lipinski definition) is 8. The van der Waals surface area contributed by atoms with E-state index in [9.17, 15) is 48.2 Å². The summed E-state index contributed by atoms with van der Waals surface area (Å²) in [6.45, 7) is 0.831. The van der Waals surface area contributed by atoms with Crippen molar-refractivity contribution in [3.05, 3.63) is 12.7 Å². The number of aliphatic hydroxyl groups excluding tert-OH is 2. The molecule has 9 N–H and O–H groups in total. The average Bonchev–Trinajstić information content (AvgIpc) is 3.56. The molecule has 0 radical (unpaired) electrons. The highest BCUT2D eigenvalue weighted by atomic mass is 31.3. The van der Waals surface area contributed by atoms with Gasteiger partial charge < -0.3 is 45.6 Å². The van der Waals surface area contributed by atoms with Crippen LogP contribution in [0.15, 0.2) is 12.7 Å². The number of fused-ring (bicyclic) bond motifs is 1. The molecule has 252 valence electrons. The van der Waals surface area contributed by atoms with E-state index in [0.717, 1.165) is 6.33 Å². The van der Waals surface area contributed by atoms with Crippen molar-refractivity contribution in [3.63, 3.8) is 0 Å². The number of ether oxygens (including phenoxy) is 1. The smallest absolute Gasteiger partial charge is 0.387 e. The minimum absolute atomic E-state index is 0.0268. The minimum atomic E-state index is -5.88. The van der Waals surface area contributed by atoms with Crippen molar-refractivity contribution in [2.45, 2.75) is 75.7 Å². The molecule has 9 atom stereocenters. The SMILES string of the molecule is C[C@@H]1NC(=O)N[C@@H]1CCCCCC(=O)OP(=O)(O)OP(=O)(O)OP(=O)(O)OC[C@H]1O[C@@H](n2cnc3c(N)ncnc32)[C@H](O)[C@@H]1O. The van der Waals surface area contributed by atoms with Gasteiger partial charge in [-0.05, 0) is 19.8 Å². The Morgan fingerprint density at radius 1 is 1.02 bits per heavy atom. The van der Waals surface area contributed by atoms with Crippen molar-refractivity contribution in [2.24, 2.45) is 0 Å². The molecule has 25 heteroatoms. The fourth-order valence-electron chi connectivity index (χ4n) is 4.59. The monoisotopic (exact) mass is 703 g/mol. The second-order valence-corrected chi connectivity index (χ2v) is 14.6. The second kappa shape index (κ2) is 14.0. The van der Waals surface area contributed by atoms with Crippen LogP contribution in [0.5, 0.6) is 0 Å². The lowest BCUT2D eigenvalue weighted by Gasteiger charge is -2.20. The average molecular weight is 703 g/mol. The Labute approximate surface area is 254 Å². The number of unbranched alkanes of at least 4 members (excludes halogenated alkanes) is 2. The Balaban J connectivity index is 1.22. The van der Waals surface area contributed by atoms with Crippen molar-refractivity contribution in [2.75, 3.05) is 12.3 Å². The molecule has 22 nitrogen and oxygen atoms in total. The molecule has 2 saturated heterocycles. The van der Waals surface area contributed by atoms with E-state index in [1.165, 1.54) is 10.9 Å². The maximum absolute atomic E-state index is 12.3. The molecule has 0 aliphatic carbocycles. The number of urea groups is 1. The summed E-state index contributed by atoms with van der Waals surface area (Å²) in [5.41, 5.74) is 6.02. The van der Waals surface area contributed by atoms with Crippen LogP contribution in [0.25, 0.3) is 11.2 Å². The van der Waals surface area contributed by atoms with Gasteiger partial charge in [-0.25, -0.2) is 33.4 Å². The minimum Gasteiger partial charge on any atom is -0.387 e. The Bertz CT molecular complexity index is 1540. The summed E-state index contributed by atoms with van der Waals surface area (Å²) in [5, 5.41) is 26.2. The van der Waals surface area contributed by atoms with Gasteiger partial charge in [-0.3, -0.25) is 18.8 Å². The highest BCUT2D eigenvalue weighted by Crippen LogP contribution is 2.67. The number of nitrogens with zero attached hydrogens (tertiary/aromatic N) is 4. The topological polar surface area (TPSA) is 326 Å². The van der Waals surface area contributed by atoms with E-state index in [2.05, 4.69) is 43.3 Å². The van der Waals surface area contributed by atoms with Gasteiger partial charge in [-0.15, -0.1) is 0 Å². The summed E-state index contributed by atoms with van der Waals surface area (Å²) in [6, 6.07) is -0.426. The van der Waals surface area contributed by atoms with E-state index in [1.807, 2.05) is 6.92 Å². The molecule has 4 rings (SSSR count). The van der Waals surface area contributed by atoms with Crippen LogP contribution >= 0.6 is 23.5 Å². The summed E-state index contributed by atoms with van der Waals surface area (Å²) in [4.78, 5) is 64.3. The first kappa shape index (κ1) is 35.3. The first-order chi connectivity index (χ1) is 21.0. The molecule has 0 saturated carbocycles. The first-order valence-electron chi connectivity index (χ1n) is 13.3. The van der Waals surface area contributed by atoms with Crippen LogP contribution in [0.3, 0.4) is 0 Å². The van der Waals surface area contributed by atoms with E-state index in [-0.39, 0.29) is 47.9 Å². The number of rotatable bonds is 15. The molecule has 2 aromatic rings. The number of phosphoric acid groups is 3. The summed E-state index contributed by atoms with van der Waals surface area (Å²) < 4.78 is 59.9. The van der Waals surface area contributed by atoms with Crippen LogP contribution in [0, 0.1) is 0 Å². The largest absolute Gasteiger partial charge is 0.538 e. The van der Waals surface area contributed by atoms with Crippen molar-refractivity contribution in [1.82, 2.24) is 30.2 Å². The van der Waals surface area contributed by atoms with Crippen LogP contribution in [0.4, 0.5) is 10.6 Å². The third kappa shape index (κ3) is 9.25. The number of nitrogens with two attached hydrogens (primary N) is 1. The number of aliphatic hydroxyl groups is 2. The van der Waals surface area contributed by atoms with Crippen molar-refractivity contribution in [3.8, 4) is 0 Å².